The molecular weight excluding hydrogens is 493 g/mol. The zero-order chi connectivity index (χ0) is 26.5. The Balaban J connectivity index is 1.09. The lowest BCUT2D eigenvalue weighted by Crippen LogP contribution is -2.23. The molecule has 4 aromatic rings. The zero-order valence-corrected chi connectivity index (χ0v) is 21.1. The average molecular weight is 523 g/mol. The van der Waals surface area contributed by atoms with Crippen LogP contribution < -0.4 is 9.64 Å². The molecule has 2 aromatic heterocycles. The Morgan fingerprint density at radius 2 is 1.79 bits per heavy atom. The van der Waals surface area contributed by atoms with Gasteiger partial charge in [-0.3, -0.25) is 0 Å². The highest BCUT2D eigenvalue weighted by Gasteiger charge is 2.34. The third-order valence-electron chi connectivity index (χ3n) is 6.69. The summed E-state index contributed by atoms with van der Waals surface area (Å²) in [6, 6.07) is 19.0. The fourth-order valence-corrected chi connectivity index (χ4v) is 4.73. The zero-order valence-electron chi connectivity index (χ0n) is 21.1. The first-order valence-corrected chi connectivity index (χ1v) is 12.7. The molecule has 9 heteroatoms. The molecule has 0 spiro atoms. The fourth-order valence-electron chi connectivity index (χ4n) is 4.73. The number of aryl methyl sites for hydroxylation is 1. The van der Waals surface area contributed by atoms with Crippen molar-refractivity contribution in [3.63, 3.8) is 0 Å². The van der Waals surface area contributed by atoms with Gasteiger partial charge in [0.1, 0.15) is 17.2 Å². The van der Waals surface area contributed by atoms with Gasteiger partial charge in [0, 0.05) is 32.1 Å². The first-order chi connectivity index (χ1) is 18.3. The number of anilines is 1. The van der Waals surface area contributed by atoms with Gasteiger partial charge in [-0.2, -0.15) is 13.2 Å². The molecule has 198 valence electrons. The lowest BCUT2D eigenvalue weighted by Gasteiger charge is -2.17. The monoisotopic (exact) mass is 522 g/mol. The van der Waals surface area contributed by atoms with Crippen LogP contribution in [0.1, 0.15) is 40.6 Å². The Bertz CT molecular complexity index is 1340. The third kappa shape index (κ3) is 6.51. The molecule has 0 bridgehead atoms. The highest BCUT2D eigenvalue weighted by molar-refractivity contribution is 5.34. The Morgan fingerprint density at radius 3 is 2.55 bits per heavy atom. The Hall–Kier alpha value is -3.88. The minimum absolute atomic E-state index is 0.139. The molecule has 2 aromatic carbocycles. The maximum atomic E-state index is 13.0. The van der Waals surface area contributed by atoms with Crippen molar-refractivity contribution in [1.82, 2.24) is 15.0 Å². The van der Waals surface area contributed by atoms with E-state index in [0.29, 0.717) is 44.3 Å². The number of benzene rings is 2. The lowest BCUT2D eigenvalue weighted by atomic mass is 9.99. The van der Waals surface area contributed by atoms with E-state index in [1.807, 2.05) is 54.3 Å². The van der Waals surface area contributed by atoms with Crippen LogP contribution in [0.15, 0.2) is 71.3 Å². The summed E-state index contributed by atoms with van der Waals surface area (Å²) >= 11 is 0. The summed E-state index contributed by atoms with van der Waals surface area (Å²) in [6.45, 7) is 3.69. The maximum absolute atomic E-state index is 13.0. The van der Waals surface area contributed by atoms with E-state index in [4.69, 9.17) is 9.15 Å². The molecule has 0 amide bonds. The van der Waals surface area contributed by atoms with Crippen molar-refractivity contribution >= 4 is 5.95 Å². The number of oxazole rings is 1. The summed E-state index contributed by atoms with van der Waals surface area (Å²) < 4.78 is 50.7. The predicted octanol–water partition coefficient (Wildman–Crippen LogP) is 6.07. The average Bonchev–Trinajstić information content (AvgIpc) is 3.51. The molecule has 1 aliphatic rings. The highest BCUT2D eigenvalue weighted by Crippen LogP contribution is 2.30. The van der Waals surface area contributed by atoms with Crippen molar-refractivity contribution in [3.05, 3.63) is 101 Å². The molecule has 1 saturated heterocycles. The van der Waals surface area contributed by atoms with Crippen molar-refractivity contribution in [2.24, 2.45) is 5.92 Å². The summed E-state index contributed by atoms with van der Waals surface area (Å²) in [5, 5.41) is 0. The van der Waals surface area contributed by atoms with Gasteiger partial charge in [0.2, 0.25) is 5.95 Å². The SMILES string of the molecule is Cc1oc(Cc2ccccc2)nc1CCOc1ccc(C[C@H]2CCN(c3nccc(C(F)(F)F)n3)C2)cc1. The molecule has 1 aliphatic heterocycles. The van der Waals surface area contributed by atoms with Crippen molar-refractivity contribution < 1.29 is 22.3 Å². The van der Waals surface area contributed by atoms with Crippen LogP contribution in [0.3, 0.4) is 0 Å². The van der Waals surface area contributed by atoms with Crippen LogP contribution in [0, 0.1) is 12.8 Å². The smallest absolute Gasteiger partial charge is 0.433 e. The topological polar surface area (TPSA) is 64.3 Å². The van der Waals surface area contributed by atoms with Crippen LogP contribution in [0.25, 0.3) is 0 Å². The minimum atomic E-state index is -4.47. The molecule has 6 nitrogen and oxygen atoms in total. The second-order valence-electron chi connectivity index (χ2n) is 9.56. The van der Waals surface area contributed by atoms with E-state index < -0.39 is 11.9 Å². The Kier molecular flexibility index (Phi) is 7.62. The van der Waals surface area contributed by atoms with Crippen molar-refractivity contribution in [2.75, 3.05) is 24.6 Å². The quantitative estimate of drug-likeness (QED) is 0.266. The second kappa shape index (κ2) is 11.2. The molecular formula is C29H29F3N4O2. The van der Waals surface area contributed by atoms with Gasteiger partial charge in [0.25, 0.3) is 0 Å². The maximum Gasteiger partial charge on any atom is 0.433 e. The van der Waals surface area contributed by atoms with Gasteiger partial charge in [0.15, 0.2) is 5.89 Å². The standard InChI is InChI=1S/C29H29F3N4O2/c1-20-25(34-27(38-20)18-21-5-3-2-4-6-21)13-16-37-24-9-7-22(8-10-24)17-23-12-15-36(19-23)28-33-14-11-26(35-28)29(30,31)32/h2-11,14,23H,12-13,15-19H2,1H3/t23-/m1/s1. The molecule has 0 N–H and O–H groups in total. The number of nitrogens with zero attached hydrogens (tertiary/aromatic N) is 4. The van der Waals surface area contributed by atoms with Crippen LogP contribution in [0.4, 0.5) is 19.1 Å². The van der Waals surface area contributed by atoms with E-state index in [9.17, 15) is 13.2 Å². The first-order valence-electron chi connectivity index (χ1n) is 12.7. The van der Waals surface area contributed by atoms with E-state index in [2.05, 4.69) is 27.1 Å². The number of hydrogen-bond acceptors (Lipinski definition) is 6. The summed E-state index contributed by atoms with van der Waals surface area (Å²) in [7, 11) is 0. The van der Waals surface area contributed by atoms with E-state index in [-0.39, 0.29) is 5.95 Å². The molecule has 0 unspecified atom stereocenters. The van der Waals surface area contributed by atoms with Crippen LogP contribution in [-0.4, -0.2) is 34.6 Å². The van der Waals surface area contributed by atoms with Crippen LogP contribution >= 0.6 is 0 Å². The lowest BCUT2D eigenvalue weighted by molar-refractivity contribution is -0.141. The summed E-state index contributed by atoms with van der Waals surface area (Å²) in [6.07, 6.45) is -0.277. The number of halogens is 3. The summed E-state index contributed by atoms with van der Waals surface area (Å²) in [5.74, 6) is 2.76. The van der Waals surface area contributed by atoms with Gasteiger partial charge in [-0.1, -0.05) is 42.5 Å². The van der Waals surface area contributed by atoms with Crippen molar-refractivity contribution in [3.8, 4) is 5.75 Å². The summed E-state index contributed by atoms with van der Waals surface area (Å²) in [5.41, 5.74) is 2.31. The highest BCUT2D eigenvalue weighted by atomic mass is 19.4. The number of alkyl halides is 3. The molecule has 0 aliphatic carbocycles. The molecule has 1 fully saturated rings. The van der Waals surface area contributed by atoms with Gasteiger partial charge in [-0.25, -0.2) is 15.0 Å². The van der Waals surface area contributed by atoms with Crippen LogP contribution in [-0.2, 0) is 25.4 Å². The Labute approximate surface area is 219 Å². The molecule has 1 atom stereocenters. The first kappa shape index (κ1) is 25.8. The Morgan fingerprint density at radius 1 is 1.00 bits per heavy atom. The molecule has 3 heterocycles. The van der Waals surface area contributed by atoms with Gasteiger partial charge >= 0.3 is 6.18 Å². The van der Waals surface area contributed by atoms with Crippen molar-refractivity contribution in [1.29, 1.82) is 0 Å². The normalized spacial score (nSPS) is 15.7. The van der Waals surface area contributed by atoms with Crippen molar-refractivity contribution in [2.45, 2.75) is 38.8 Å². The third-order valence-corrected chi connectivity index (χ3v) is 6.69. The number of hydrogen-bond donors (Lipinski definition) is 0. The van der Waals surface area contributed by atoms with Gasteiger partial charge in [0.05, 0.1) is 12.3 Å². The van der Waals surface area contributed by atoms with Crippen LogP contribution in [0.5, 0.6) is 5.75 Å². The molecule has 0 radical (unpaired) electrons. The van der Waals surface area contributed by atoms with E-state index >= 15 is 0 Å². The number of aromatic nitrogens is 3. The molecule has 0 saturated carbocycles. The van der Waals surface area contributed by atoms with E-state index in [1.54, 1.807) is 0 Å². The predicted molar refractivity (Wildman–Crippen MR) is 137 cm³/mol. The summed E-state index contributed by atoms with van der Waals surface area (Å²) in [4.78, 5) is 14.2. The van der Waals surface area contributed by atoms with E-state index in [0.717, 1.165) is 47.2 Å². The van der Waals surface area contributed by atoms with Gasteiger partial charge in [-0.15, -0.1) is 0 Å². The second-order valence-corrected chi connectivity index (χ2v) is 9.56. The molecule has 5 rings (SSSR count). The molecule has 38 heavy (non-hydrogen) atoms. The number of rotatable bonds is 9. The van der Waals surface area contributed by atoms with Gasteiger partial charge in [-0.05, 0) is 55.0 Å². The van der Waals surface area contributed by atoms with Crippen LogP contribution in [0.2, 0.25) is 0 Å². The van der Waals surface area contributed by atoms with E-state index in [1.165, 1.54) is 6.20 Å². The largest absolute Gasteiger partial charge is 0.493 e. The minimum Gasteiger partial charge on any atom is -0.493 e. The fraction of sp³-hybridized carbons (Fsp3) is 0.345. The van der Waals surface area contributed by atoms with Gasteiger partial charge < -0.3 is 14.1 Å². The number of ether oxygens (including phenoxy) is 1.